The van der Waals surface area contributed by atoms with Crippen LogP contribution in [0, 0.1) is 6.92 Å². The molecule has 142 valence electrons. The number of anilines is 1. The second-order valence-electron chi connectivity index (χ2n) is 7.41. The molecule has 0 saturated carbocycles. The molecule has 1 atom stereocenters. The Morgan fingerprint density at radius 2 is 1.96 bits per heavy atom. The highest BCUT2D eigenvalue weighted by molar-refractivity contribution is 5.99. The molecule has 1 unspecified atom stereocenters. The largest absolute Gasteiger partial charge is 0.362 e. The van der Waals surface area contributed by atoms with Gasteiger partial charge >= 0.3 is 0 Å². The van der Waals surface area contributed by atoms with Gasteiger partial charge in [0, 0.05) is 39.2 Å². The highest BCUT2D eigenvalue weighted by Crippen LogP contribution is 2.36. The zero-order chi connectivity index (χ0) is 19.7. The summed E-state index contributed by atoms with van der Waals surface area (Å²) in [5.41, 5.74) is 5.36. The molecule has 3 heterocycles. The number of hydrogen-bond donors (Lipinski definition) is 0. The van der Waals surface area contributed by atoms with E-state index >= 15 is 0 Å². The van der Waals surface area contributed by atoms with Gasteiger partial charge in [-0.3, -0.25) is 9.78 Å². The molecule has 0 spiro atoms. The number of fused-ring (bicyclic) bond motifs is 1. The minimum absolute atomic E-state index is 0.00289. The first-order valence-electron chi connectivity index (χ1n) is 9.49. The van der Waals surface area contributed by atoms with Crippen molar-refractivity contribution in [3.63, 3.8) is 0 Å². The molecule has 1 aliphatic heterocycles. The van der Waals surface area contributed by atoms with Gasteiger partial charge in [0.2, 0.25) is 0 Å². The van der Waals surface area contributed by atoms with Crippen LogP contribution in [0.25, 0.3) is 0 Å². The summed E-state index contributed by atoms with van der Waals surface area (Å²) in [7, 11) is 3.82. The number of carbonyl (C=O) groups excluding carboxylic acids is 1. The van der Waals surface area contributed by atoms with Crippen LogP contribution >= 0.6 is 0 Å². The van der Waals surface area contributed by atoms with Gasteiger partial charge in [-0.2, -0.15) is 0 Å². The first-order valence-corrected chi connectivity index (χ1v) is 9.49. The third-order valence-electron chi connectivity index (χ3n) is 5.23. The van der Waals surface area contributed by atoms with Crippen molar-refractivity contribution in [2.45, 2.75) is 19.4 Å². The van der Waals surface area contributed by atoms with Gasteiger partial charge in [0.05, 0.1) is 11.6 Å². The van der Waals surface area contributed by atoms with E-state index in [0.29, 0.717) is 17.9 Å². The average molecular weight is 372 g/mol. The van der Waals surface area contributed by atoms with E-state index in [9.17, 15) is 4.79 Å². The Hall–Kier alpha value is -3.21. The van der Waals surface area contributed by atoms with Crippen molar-refractivity contribution in [1.29, 1.82) is 0 Å². The predicted molar refractivity (Wildman–Crippen MR) is 111 cm³/mol. The van der Waals surface area contributed by atoms with Crippen LogP contribution in [0.1, 0.15) is 38.7 Å². The molecular weight excluding hydrogens is 348 g/mol. The smallest absolute Gasteiger partial charge is 0.258 e. The second kappa shape index (κ2) is 7.43. The lowest BCUT2D eigenvalue weighted by Crippen LogP contribution is -2.41. The number of rotatable bonds is 3. The topological polar surface area (TPSA) is 49.3 Å². The molecule has 0 aliphatic carbocycles. The fraction of sp³-hybridized carbons (Fsp3) is 0.261. The van der Waals surface area contributed by atoms with Crippen LogP contribution in [0.15, 0.2) is 61.1 Å². The van der Waals surface area contributed by atoms with Crippen LogP contribution in [0.5, 0.6) is 0 Å². The minimum atomic E-state index is -0.152. The van der Waals surface area contributed by atoms with E-state index in [1.807, 2.05) is 54.4 Å². The fourth-order valence-corrected chi connectivity index (χ4v) is 3.95. The zero-order valence-electron chi connectivity index (χ0n) is 16.5. The van der Waals surface area contributed by atoms with Crippen LogP contribution in [0.3, 0.4) is 0 Å². The number of nitrogens with zero attached hydrogens (tertiary/aromatic N) is 4. The third-order valence-corrected chi connectivity index (χ3v) is 5.23. The van der Waals surface area contributed by atoms with Gasteiger partial charge in [-0.15, -0.1) is 0 Å². The molecule has 0 radical (unpaired) electrons. The van der Waals surface area contributed by atoms with E-state index in [4.69, 9.17) is 0 Å². The quantitative estimate of drug-likeness (QED) is 0.704. The Kier molecular flexibility index (Phi) is 4.82. The normalized spacial score (nSPS) is 15.8. The van der Waals surface area contributed by atoms with E-state index in [2.05, 4.69) is 35.1 Å². The van der Waals surface area contributed by atoms with Gasteiger partial charge in [0.25, 0.3) is 5.91 Å². The maximum Gasteiger partial charge on any atom is 0.258 e. The Labute approximate surface area is 165 Å². The maximum absolute atomic E-state index is 13.6. The van der Waals surface area contributed by atoms with Crippen molar-refractivity contribution in [3.05, 3.63) is 88.9 Å². The van der Waals surface area contributed by atoms with Crippen molar-refractivity contribution in [2.75, 3.05) is 25.5 Å². The van der Waals surface area contributed by atoms with E-state index in [1.165, 1.54) is 16.7 Å². The lowest BCUT2D eigenvalue weighted by Gasteiger charge is -2.38. The van der Waals surface area contributed by atoms with Crippen LogP contribution in [-0.2, 0) is 6.42 Å². The molecule has 0 fully saturated rings. The molecule has 0 N–H and O–H groups in total. The van der Waals surface area contributed by atoms with Crippen molar-refractivity contribution < 1.29 is 4.79 Å². The van der Waals surface area contributed by atoms with Crippen molar-refractivity contribution in [2.24, 2.45) is 0 Å². The summed E-state index contributed by atoms with van der Waals surface area (Å²) in [6.07, 6.45) is 6.19. The summed E-state index contributed by atoms with van der Waals surface area (Å²) in [5.74, 6) is 0.684. The molecule has 2 aromatic heterocycles. The first kappa shape index (κ1) is 18.2. The summed E-state index contributed by atoms with van der Waals surface area (Å²) in [6.45, 7) is 2.77. The molecule has 5 nitrogen and oxygen atoms in total. The second-order valence-corrected chi connectivity index (χ2v) is 7.41. The van der Waals surface area contributed by atoms with Crippen LogP contribution in [-0.4, -0.2) is 41.4 Å². The van der Waals surface area contributed by atoms with Gasteiger partial charge in [0.1, 0.15) is 5.82 Å². The number of hydrogen-bond acceptors (Lipinski definition) is 4. The molecule has 5 heteroatoms. The van der Waals surface area contributed by atoms with Crippen molar-refractivity contribution in [3.8, 4) is 0 Å². The number of aromatic nitrogens is 2. The molecule has 0 bridgehead atoms. The summed E-state index contributed by atoms with van der Waals surface area (Å²) < 4.78 is 0. The van der Waals surface area contributed by atoms with Crippen LogP contribution in [0.4, 0.5) is 5.82 Å². The van der Waals surface area contributed by atoms with Crippen molar-refractivity contribution >= 4 is 11.7 Å². The lowest BCUT2D eigenvalue weighted by atomic mass is 9.87. The van der Waals surface area contributed by atoms with E-state index in [-0.39, 0.29) is 11.9 Å². The molecule has 28 heavy (non-hydrogen) atoms. The summed E-state index contributed by atoms with van der Waals surface area (Å²) >= 11 is 0. The fourth-order valence-electron chi connectivity index (χ4n) is 3.95. The highest BCUT2D eigenvalue weighted by atomic mass is 16.2. The number of carbonyl (C=O) groups is 1. The summed E-state index contributed by atoms with van der Waals surface area (Å²) in [5, 5.41) is 0. The average Bonchev–Trinajstić information content (AvgIpc) is 2.72. The number of pyridine rings is 2. The molecule has 1 aliphatic rings. The maximum atomic E-state index is 13.6. The third kappa shape index (κ3) is 3.24. The summed E-state index contributed by atoms with van der Waals surface area (Å²) in [4.78, 5) is 26.2. The van der Waals surface area contributed by atoms with Gasteiger partial charge in [-0.25, -0.2) is 4.98 Å². The number of benzene rings is 1. The van der Waals surface area contributed by atoms with Gasteiger partial charge < -0.3 is 9.80 Å². The Morgan fingerprint density at radius 1 is 1.14 bits per heavy atom. The van der Waals surface area contributed by atoms with Gasteiger partial charge in [-0.1, -0.05) is 29.8 Å². The highest BCUT2D eigenvalue weighted by Gasteiger charge is 2.33. The van der Waals surface area contributed by atoms with Gasteiger partial charge in [0.15, 0.2) is 0 Å². The van der Waals surface area contributed by atoms with E-state index in [0.717, 1.165) is 12.0 Å². The molecule has 1 aromatic carbocycles. The van der Waals surface area contributed by atoms with Crippen LogP contribution in [0.2, 0.25) is 0 Å². The minimum Gasteiger partial charge on any atom is -0.362 e. The molecule has 1 amide bonds. The monoisotopic (exact) mass is 372 g/mol. The molecular formula is C23H24N4O. The Balaban J connectivity index is 1.82. The van der Waals surface area contributed by atoms with Crippen molar-refractivity contribution in [1.82, 2.24) is 14.9 Å². The number of amides is 1. The standard InChI is InChI=1S/C23H24N4O/c1-16-8-9-19-17(14-16)10-13-27(21(19)18-6-4-11-24-15-18)23(28)20-7-5-12-25-22(20)26(2)3/h4-9,11-12,14-15,21H,10,13H2,1-3H3. The van der Waals surface area contributed by atoms with E-state index < -0.39 is 0 Å². The van der Waals surface area contributed by atoms with E-state index in [1.54, 1.807) is 12.4 Å². The first-order chi connectivity index (χ1) is 13.6. The predicted octanol–water partition coefficient (Wildman–Crippen LogP) is 3.64. The molecule has 0 saturated heterocycles. The van der Waals surface area contributed by atoms with Gasteiger partial charge in [-0.05, 0) is 48.2 Å². The lowest BCUT2D eigenvalue weighted by molar-refractivity contribution is 0.0694. The SMILES string of the molecule is Cc1ccc2c(c1)CCN(C(=O)c1cccnc1N(C)C)C2c1cccnc1. The molecule has 4 rings (SSSR count). The Morgan fingerprint density at radius 3 is 2.71 bits per heavy atom. The zero-order valence-corrected chi connectivity index (χ0v) is 16.5. The molecule has 3 aromatic rings. The Bertz CT molecular complexity index is 1000. The van der Waals surface area contributed by atoms with Crippen LogP contribution < -0.4 is 4.90 Å². The number of aryl methyl sites for hydroxylation is 1. The summed E-state index contributed by atoms with van der Waals surface area (Å²) in [6, 6.07) is 14.0.